The number of ether oxygens (including phenoxy) is 2. The van der Waals surface area contributed by atoms with Crippen molar-refractivity contribution < 1.29 is 14.3 Å². The van der Waals surface area contributed by atoms with Crippen LogP contribution in [0.3, 0.4) is 0 Å². The van der Waals surface area contributed by atoms with Crippen LogP contribution >= 0.6 is 23.1 Å². The van der Waals surface area contributed by atoms with Crippen molar-refractivity contribution in [2.75, 3.05) is 39.2 Å². The van der Waals surface area contributed by atoms with E-state index in [0.29, 0.717) is 38.0 Å². The number of fused-ring (bicyclic) bond motifs is 3. The molecule has 1 saturated heterocycles. The minimum Gasteiger partial charge on any atom is -0.383 e. The fourth-order valence-electron chi connectivity index (χ4n) is 4.12. The summed E-state index contributed by atoms with van der Waals surface area (Å²) in [6.45, 7) is 4.78. The number of hydrogen-bond acceptors (Lipinski definition) is 7. The molecule has 4 rings (SSSR count). The monoisotopic (exact) mass is 451 g/mol. The van der Waals surface area contributed by atoms with E-state index in [-0.39, 0.29) is 23.3 Å². The van der Waals surface area contributed by atoms with Crippen LogP contribution < -0.4 is 5.56 Å². The Bertz CT molecular complexity index is 971. The number of thioether (sulfide) groups is 1. The molecule has 2 aromatic heterocycles. The Balaban J connectivity index is 1.59. The van der Waals surface area contributed by atoms with Gasteiger partial charge in [0, 0.05) is 25.1 Å². The molecule has 1 atom stereocenters. The zero-order valence-electron chi connectivity index (χ0n) is 17.6. The Morgan fingerprint density at radius 3 is 3.00 bits per heavy atom. The van der Waals surface area contributed by atoms with Crippen LogP contribution in [-0.4, -0.2) is 65.6 Å². The van der Waals surface area contributed by atoms with Crippen molar-refractivity contribution in [1.29, 1.82) is 0 Å². The van der Waals surface area contributed by atoms with Crippen LogP contribution in [0.2, 0.25) is 0 Å². The van der Waals surface area contributed by atoms with Crippen LogP contribution in [0, 0.1) is 0 Å². The van der Waals surface area contributed by atoms with E-state index in [1.807, 2.05) is 4.90 Å². The average Bonchev–Trinajstić information content (AvgIpc) is 3.15. The molecule has 0 spiro atoms. The number of aryl methyl sites for hydroxylation is 2. The molecule has 0 radical (unpaired) electrons. The molecule has 0 N–H and O–H groups in total. The van der Waals surface area contributed by atoms with Gasteiger partial charge in [0.05, 0.1) is 37.0 Å². The van der Waals surface area contributed by atoms with Gasteiger partial charge in [0.2, 0.25) is 5.91 Å². The molecule has 1 fully saturated rings. The number of rotatable bonds is 7. The van der Waals surface area contributed by atoms with E-state index in [9.17, 15) is 9.59 Å². The van der Waals surface area contributed by atoms with Crippen LogP contribution in [0.4, 0.5) is 0 Å². The van der Waals surface area contributed by atoms with Gasteiger partial charge in [0.1, 0.15) is 4.83 Å². The zero-order valence-corrected chi connectivity index (χ0v) is 19.3. The Morgan fingerprint density at radius 2 is 2.20 bits per heavy atom. The SMILES string of the molecule is CCC1CN(C(=O)CSc2nc3sc4c(c3c(=O)n2CCOC)CCCC4)CCO1. The summed E-state index contributed by atoms with van der Waals surface area (Å²) >= 11 is 3.00. The van der Waals surface area contributed by atoms with Gasteiger partial charge in [0.15, 0.2) is 5.16 Å². The summed E-state index contributed by atoms with van der Waals surface area (Å²) in [7, 11) is 1.63. The van der Waals surface area contributed by atoms with E-state index in [0.717, 1.165) is 35.9 Å². The Kier molecular flexibility index (Phi) is 7.12. The highest BCUT2D eigenvalue weighted by Gasteiger charge is 2.25. The quantitative estimate of drug-likeness (QED) is 0.476. The van der Waals surface area contributed by atoms with Gasteiger partial charge in [-0.1, -0.05) is 18.7 Å². The number of carbonyl (C=O) groups is 1. The van der Waals surface area contributed by atoms with Gasteiger partial charge in [-0.05, 0) is 37.7 Å². The normalized spacial score (nSPS) is 19.3. The number of carbonyl (C=O) groups excluding carboxylic acids is 1. The molecule has 1 aliphatic carbocycles. The third kappa shape index (κ3) is 4.44. The van der Waals surface area contributed by atoms with Gasteiger partial charge in [-0.3, -0.25) is 14.2 Å². The number of hydrogen-bond donors (Lipinski definition) is 0. The summed E-state index contributed by atoms with van der Waals surface area (Å²) in [5, 5.41) is 1.39. The molecule has 2 aliphatic rings. The zero-order chi connectivity index (χ0) is 21.1. The van der Waals surface area contributed by atoms with Gasteiger partial charge in [-0.2, -0.15) is 0 Å². The average molecular weight is 452 g/mol. The Hall–Kier alpha value is -1.42. The van der Waals surface area contributed by atoms with Gasteiger partial charge in [0.25, 0.3) is 5.56 Å². The fraction of sp³-hybridized carbons (Fsp3) is 0.667. The van der Waals surface area contributed by atoms with E-state index < -0.39 is 0 Å². The van der Waals surface area contributed by atoms with Crippen LogP contribution in [-0.2, 0) is 33.7 Å². The van der Waals surface area contributed by atoms with E-state index in [4.69, 9.17) is 14.5 Å². The third-order valence-electron chi connectivity index (χ3n) is 5.83. The summed E-state index contributed by atoms with van der Waals surface area (Å²) in [6.07, 6.45) is 5.29. The first-order valence-electron chi connectivity index (χ1n) is 10.7. The highest BCUT2D eigenvalue weighted by molar-refractivity contribution is 7.99. The number of aromatic nitrogens is 2. The van der Waals surface area contributed by atoms with Gasteiger partial charge < -0.3 is 14.4 Å². The van der Waals surface area contributed by atoms with Crippen LogP contribution in [0.1, 0.15) is 36.6 Å². The number of amides is 1. The lowest BCUT2D eigenvalue weighted by atomic mass is 9.97. The summed E-state index contributed by atoms with van der Waals surface area (Å²) in [6, 6.07) is 0. The topological polar surface area (TPSA) is 73.7 Å². The second-order valence-electron chi connectivity index (χ2n) is 7.76. The molecular formula is C21H29N3O4S2. The lowest BCUT2D eigenvalue weighted by molar-refractivity contribution is -0.135. The fourth-order valence-corrected chi connectivity index (χ4v) is 6.35. The lowest BCUT2D eigenvalue weighted by Crippen LogP contribution is -2.46. The number of thiophene rings is 1. The van der Waals surface area contributed by atoms with Crippen molar-refractivity contribution in [3.63, 3.8) is 0 Å². The minimum absolute atomic E-state index is 0.00354. The Morgan fingerprint density at radius 1 is 1.37 bits per heavy atom. The predicted molar refractivity (Wildman–Crippen MR) is 120 cm³/mol. The molecule has 1 amide bonds. The molecule has 3 heterocycles. The van der Waals surface area contributed by atoms with Crippen molar-refractivity contribution >= 4 is 39.2 Å². The molecule has 9 heteroatoms. The molecule has 0 aromatic carbocycles. The molecular weight excluding hydrogens is 422 g/mol. The third-order valence-corrected chi connectivity index (χ3v) is 7.98. The number of morpholine rings is 1. The van der Waals surface area contributed by atoms with Crippen molar-refractivity contribution in [3.05, 3.63) is 20.8 Å². The van der Waals surface area contributed by atoms with Crippen molar-refractivity contribution in [3.8, 4) is 0 Å². The maximum atomic E-state index is 13.4. The van der Waals surface area contributed by atoms with Gasteiger partial charge >= 0.3 is 0 Å². The molecule has 1 unspecified atom stereocenters. The highest BCUT2D eigenvalue weighted by Crippen LogP contribution is 2.34. The van der Waals surface area contributed by atoms with Crippen LogP contribution in [0.5, 0.6) is 0 Å². The lowest BCUT2D eigenvalue weighted by Gasteiger charge is -2.32. The highest BCUT2D eigenvalue weighted by atomic mass is 32.2. The largest absolute Gasteiger partial charge is 0.383 e. The van der Waals surface area contributed by atoms with E-state index in [2.05, 4.69) is 6.92 Å². The maximum absolute atomic E-state index is 13.4. The van der Waals surface area contributed by atoms with Gasteiger partial charge in [-0.15, -0.1) is 11.3 Å². The summed E-state index contributed by atoms with van der Waals surface area (Å²) in [5.74, 6) is 0.340. The van der Waals surface area contributed by atoms with E-state index >= 15 is 0 Å². The predicted octanol–water partition coefficient (Wildman–Crippen LogP) is 2.71. The van der Waals surface area contributed by atoms with Crippen molar-refractivity contribution in [1.82, 2.24) is 14.5 Å². The molecule has 30 heavy (non-hydrogen) atoms. The first-order valence-corrected chi connectivity index (χ1v) is 12.5. The van der Waals surface area contributed by atoms with E-state index in [1.54, 1.807) is 23.0 Å². The van der Waals surface area contributed by atoms with Crippen molar-refractivity contribution in [2.24, 2.45) is 0 Å². The molecule has 1 aliphatic heterocycles. The Labute approximate surface area is 184 Å². The molecule has 7 nitrogen and oxygen atoms in total. The number of methoxy groups -OCH3 is 1. The summed E-state index contributed by atoms with van der Waals surface area (Å²) < 4.78 is 12.6. The minimum atomic E-state index is 0.00354. The molecule has 2 aromatic rings. The molecule has 0 saturated carbocycles. The molecule has 0 bridgehead atoms. The smallest absolute Gasteiger partial charge is 0.263 e. The summed E-state index contributed by atoms with van der Waals surface area (Å²) in [4.78, 5) is 35.0. The first kappa shape index (κ1) is 21.8. The number of nitrogens with zero attached hydrogens (tertiary/aromatic N) is 3. The standard InChI is InChI=1S/C21H29N3O4S2/c1-3-14-12-23(8-11-28-14)17(25)13-29-21-22-19-18(20(26)24(21)9-10-27-2)15-6-4-5-7-16(15)30-19/h14H,3-13H2,1-2H3. The van der Waals surface area contributed by atoms with E-state index in [1.165, 1.54) is 28.6 Å². The summed E-state index contributed by atoms with van der Waals surface area (Å²) in [5.41, 5.74) is 1.19. The van der Waals surface area contributed by atoms with Crippen LogP contribution in [0.15, 0.2) is 9.95 Å². The second kappa shape index (κ2) is 9.80. The second-order valence-corrected chi connectivity index (χ2v) is 9.79. The first-order chi connectivity index (χ1) is 14.6. The maximum Gasteiger partial charge on any atom is 0.263 e. The van der Waals surface area contributed by atoms with Crippen LogP contribution in [0.25, 0.3) is 10.2 Å². The van der Waals surface area contributed by atoms with Crippen molar-refractivity contribution in [2.45, 2.75) is 56.8 Å². The molecule has 164 valence electrons. The van der Waals surface area contributed by atoms with Gasteiger partial charge in [-0.25, -0.2) is 4.98 Å².